The molecule has 1 fully saturated rings. The highest BCUT2D eigenvalue weighted by atomic mass is 19.1. The van der Waals surface area contributed by atoms with E-state index in [2.05, 4.69) is 20.2 Å². The monoisotopic (exact) mass is 509 g/mol. The van der Waals surface area contributed by atoms with Gasteiger partial charge in [0.05, 0.1) is 17.4 Å². The number of carbonyl (C=O) groups is 2. The number of amides is 3. The maximum atomic E-state index is 14.6. The third-order valence-corrected chi connectivity index (χ3v) is 6.73. The predicted octanol–water partition coefficient (Wildman–Crippen LogP) is 4.22. The number of aromatic nitrogens is 3. The second-order valence-corrected chi connectivity index (χ2v) is 10.6. The second-order valence-electron chi connectivity index (χ2n) is 10.6. The molecule has 0 radical (unpaired) electrons. The zero-order chi connectivity index (χ0) is 26.5. The van der Waals surface area contributed by atoms with E-state index in [0.717, 1.165) is 29.9 Å². The van der Waals surface area contributed by atoms with Crippen LogP contribution in [0, 0.1) is 12.7 Å². The fraction of sp³-hybridized carbons (Fsp3) is 0.462. The van der Waals surface area contributed by atoms with Crippen LogP contribution in [0.5, 0.6) is 0 Å². The third-order valence-electron chi connectivity index (χ3n) is 6.73. The van der Waals surface area contributed by atoms with Crippen molar-refractivity contribution >= 4 is 35.0 Å². The van der Waals surface area contributed by atoms with Gasteiger partial charge in [-0.1, -0.05) is 0 Å². The number of urea groups is 1. The number of ether oxygens (including phenoxy) is 1. The van der Waals surface area contributed by atoms with Crippen molar-refractivity contribution in [2.75, 3.05) is 41.8 Å². The van der Waals surface area contributed by atoms with Crippen LogP contribution in [-0.2, 0) is 11.2 Å². The Morgan fingerprint density at radius 3 is 2.78 bits per heavy atom. The molecular formula is C26H32FN7O3. The number of imidazole rings is 1. The molecule has 3 aromatic rings. The number of aryl methyl sites for hydroxylation is 1. The minimum atomic E-state index is -0.551. The summed E-state index contributed by atoms with van der Waals surface area (Å²) in [6, 6.07) is 2.83. The lowest BCUT2D eigenvalue weighted by molar-refractivity contribution is 0.0238. The van der Waals surface area contributed by atoms with Gasteiger partial charge in [-0.3, -0.25) is 4.90 Å². The Morgan fingerprint density at radius 2 is 2.03 bits per heavy atom. The van der Waals surface area contributed by atoms with E-state index in [0.29, 0.717) is 31.0 Å². The number of likely N-dealkylation sites (N-methyl/N-ethyl adjacent to an activating group) is 1. The van der Waals surface area contributed by atoms with Crippen LogP contribution in [0.25, 0.3) is 5.65 Å². The third kappa shape index (κ3) is 4.90. The largest absolute Gasteiger partial charge is 0.444 e. The summed E-state index contributed by atoms with van der Waals surface area (Å²) >= 11 is 0. The lowest BCUT2D eigenvalue weighted by Crippen LogP contribution is -2.42. The van der Waals surface area contributed by atoms with Crippen molar-refractivity contribution in [3.8, 4) is 0 Å². The quantitative estimate of drug-likeness (QED) is 0.568. The maximum absolute atomic E-state index is 14.6. The fourth-order valence-electron chi connectivity index (χ4n) is 4.94. The number of anilines is 3. The smallest absolute Gasteiger partial charge is 0.410 e. The van der Waals surface area contributed by atoms with Gasteiger partial charge in [0.1, 0.15) is 17.1 Å². The van der Waals surface area contributed by atoms with E-state index in [1.165, 1.54) is 12.3 Å². The van der Waals surface area contributed by atoms with Crippen LogP contribution in [0.15, 0.2) is 30.7 Å². The lowest BCUT2D eigenvalue weighted by atomic mass is 10.1. The van der Waals surface area contributed by atoms with Gasteiger partial charge in [0.25, 0.3) is 0 Å². The molecule has 0 bridgehead atoms. The van der Waals surface area contributed by atoms with E-state index in [1.807, 2.05) is 33.8 Å². The van der Waals surface area contributed by atoms with Crippen molar-refractivity contribution in [1.82, 2.24) is 19.3 Å². The van der Waals surface area contributed by atoms with E-state index in [4.69, 9.17) is 4.74 Å². The molecule has 5 rings (SSSR count). The van der Waals surface area contributed by atoms with E-state index < -0.39 is 17.4 Å². The number of carbonyl (C=O) groups excluding carboxylic acids is 2. The highest BCUT2D eigenvalue weighted by Gasteiger charge is 2.35. The van der Waals surface area contributed by atoms with Gasteiger partial charge in [-0.25, -0.2) is 23.9 Å². The van der Waals surface area contributed by atoms with Gasteiger partial charge in [-0.15, -0.1) is 0 Å². The molecule has 0 spiro atoms. The van der Waals surface area contributed by atoms with E-state index >= 15 is 0 Å². The van der Waals surface area contributed by atoms with Crippen molar-refractivity contribution in [3.05, 3.63) is 47.8 Å². The Balaban J connectivity index is 1.30. The van der Waals surface area contributed by atoms with Gasteiger partial charge < -0.3 is 24.3 Å². The molecule has 2 aliphatic rings. The summed E-state index contributed by atoms with van der Waals surface area (Å²) in [7, 11) is 1.77. The van der Waals surface area contributed by atoms with Gasteiger partial charge in [0.15, 0.2) is 5.82 Å². The molecule has 1 atom stereocenters. The molecule has 196 valence electrons. The van der Waals surface area contributed by atoms with E-state index in [1.54, 1.807) is 33.6 Å². The number of hydrogen-bond acceptors (Lipinski definition) is 6. The van der Waals surface area contributed by atoms with Crippen LogP contribution in [0.1, 0.15) is 38.4 Å². The molecule has 3 aromatic heterocycles. The Morgan fingerprint density at radius 1 is 1.24 bits per heavy atom. The molecule has 0 unspecified atom stereocenters. The SMILES string of the molecule is Cc1cn2cc(NC(=O)N3CCc4c(N5CC[C@@H](N(C)C(=O)OC(C)(C)C)C5)ccnc43)c(F)cc2n1. The molecule has 5 heterocycles. The normalized spacial score (nSPS) is 17.3. The summed E-state index contributed by atoms with van der Waals surface area (Å²) in [5, 5.41) is 2.69. The number of nitrogens with zero attached hydrogens (tertiary/aromatic N) is 6. The van der Waals surface area contributed by atoms with Crippen molar-refractivity contribution in [3.63, 3.8) is 0 Å². The number of rotatable bonds is 3. The molecule has 11 heteroatoms. The number of fused-ring (bicyclic) bond motifs is 2. The van der Waals surface area contributed by atoms with Gasteiger partial charge in [-0.2, -0.15) is 0 Å². The number of nitrogens with one attached hydrogen (secondary N) is 1. The fourth-order valence-corrected chi connectivity index (χ4v) is 4.94. The Labute approximate surface area is 215 Å². The average molecular weight is 510 g/mol. The highest BCUT2D eigenvalue weighted by Crippen LogP contribution is 2.36. The van der Waals surface area contributed by atoms with Crippen LogP contribution < -0.4 is 15.1 Å². The molecule has 37 heavy (non-hydrogen) atoms. The van der Waals surface area contributed by atoms with Gasteiger partial charge >= 0.3 is 12.1 Å². The second kappa shape index (κ2) is 9.20. The zero-order valence-corrected chi connectivity index (χ0v) is 21.8. The van der Waals surface area contributed by atoms with Crippen molar-refractivity contribution < 1.29 is 18.7 Å². The highest BCUT2D eigenvalue weighted by molar-refractivity contribution is 6.03. The summed E-state index contributed by atoms with van der Waals surface area (Å²) in [5.41, 5.74) is 2.74. The van der Waals surface area contributed by atoms with Gasteiger partial charge in [-0.05, 0) is 46.6 Å². The molecule has 1 saturated heterocycles. The molecule has 3 amide bonds. The van der Waals surface area contributed by atoms with E-state index in [-0.39, 0.29) is 17.8 Å². The molecule has 0 aromatic carbocycles. The first kappa shape index (κ1) is 24.8. The molecule has 2 aliphatic heterocycles. The number of halogens is 1. The summed E-state index contributed by atoms with van der Waals surface area (Å²) in [6.07, 6.45) is 6.09. The van der Waals surface area contributed by atoms with Crippen LogP contribution in [-0.4, -0.2) is 69.7 Å². The Hall–Kier alpha value is -3.89. The van der Waals surface area contributed by atoms with Crippen LogP contribution in [0.3, 0.4) is 0 Å². The van der Waals surface area contributed by atoms with Gasteiger partial charge in [0.2, 0.25) is 0 Å². The van der Waals surface area contributed by atoms with Crippen molar-refractivity contribution in [2.45, 2.75) is 52.2 Å². The minimum Gasteiger partial charge on any atom is -0.444 e. The summed E-state index contributed by atoms with van der Waals surface area (Å²) < 4.78 is 21.9. The Bertz CT molecular complexity index is 1370. The average Bonchev–Trinajstić information content (AvgIpc) is 3.55. The maximum Gasteiger partial charge on any atom is 0.410 e. The Kier molecular flexibility index (Phi) is 6.17. The van der Waals surface area contributed by atoms with Crippen LogP contribution >= 0.6 is 0 Å². The summed E-state index contributed by atoms with van der Waals surface area (Å²) in [6.45, 7) is 9.26. The molecule has 0 saturated carbocycles. The summed E-state index contributed by atoms with van der Waals surface area (Å²) in [4.78, 5) is 39.8. The minimum absolute atomic E-state index is 0.0178. The molecule has 10 nitrogen and oxygen atoms in total. The first-order valence-electron chi connectivity index (χ1n) is 12.4. The number of pyridine rings is 2. The van der Waals surface area contributed by atoms with Crippen LogP contribution in [0.2, 0.25) is 0 Å². The molecule has 0 aliphatic carbocycles. The topological polar surface area (TPSA) is 95.3 Å². The molecular weight excluding hydrogens is 477 g/mol. The van der Waals surface area contributed by atoms with Crippen molar-refractivity contribution in [2.24, 2.45) is 0 Å². The first-order valence-corrected chi connectivity index (χ1v) is 12.4. The van der Waals surface area contributed by atoms with Crippen molar-refractivity contribution in [1.29, 1.82) is 0 Å². The summed E-state index contributed by atoms with van der Waals surface area (Å²) in [5.74, 6) is 0.0173. The molecule has 1 N–H and O–H groups in total. The van der Waals surface area contributed by atoms with E-state index in [9.17, 15) is 14.0 Å². The van der Waals surface area contributed by atoms with Crippen LogP contribution in [0.4, 0.5) is 31.2 Å². The predicted molar refractivity (Wildman–Crippen MR) is 139 cm³/mol. The lowest BCUT2D eigenvalue weighted by Gasteiger charge is -2.29. The zero-order valence-electron chi connectivity index (χ0n) is 21.8. The first-order chi connectivity index (χ1) is 17.5. The number of hydrogen-bond donors (Lipinski definition) is 1. The standard InChI is InChI=1S/C26H32FN7O3/c1-16-13-33-15-20(19(27)12-22(33)29-16)30-24(35)34-11-8-18-21(6-9-28-23(18)34)32-10-7-17(14-32)31(5)25(36)37-26(2,3)4/h6,9,12-13,15,17H,7-8,10-11,14H2,1-5H3,(H,30,35)/t17-/m1/s1. The van der Waals surface area contributed by atoms with Gasteiger partial charge in [0, 0.05) is 62.6 Å².